The van der Waals surface area contributed by atoms with E-state index in [1.165, 1.54) is 5.56 Å². The minimum absolute atomic E-state index is 0.0504. The molecule has 1 amide bonds. The van der Waals surface area contributed by atoms with E-state index in [9.17, 15) is 4.79 Å². The second-order valence-electron chi connectivity index (χ2n) is 6.11. The summed E-state index contributed by atoms with van der Waals surface area (Å²) in [6.45, 7) is 5.30. The highest BCUT2D eigenvalue weighted by atomic mass is 16.5. The third kappa shape index (κ3) is 4.15. The van der Waals surface area contributed by atoms with E-state index < -0.39 is 0 Å². The number of carbonyl (C=O) groups is 1. The second-order valence-corrected chi connectivity index (χ2v) is 6.11. The maximum absolute atomic E-state index is 12.6. The zero-order valence-corrected chi connectivity index (χ0v) is 14.1. The molecule has 0 bridgehead atoms. The Kier molecular flexibility index (Phi) is 5.49. The van der Waals surface area contributed by atoms with E-state index in [-0.39, 0.29) is 11.9 Å². The van der Waals surface area contributed by atoms with Crippen molar-refractivity contribution in [2.75, 3.05) is 19.7 Å². The summed E-state index contributed by atoms with van der Waals surface area (Å²) in [5.74, 6) is 0.599. The average Bonchev–Trinajstić information content (AvgIpc) is 3.03. The smallest absolute Gasteiger partial charge is 0.255 e. The van der Waals surface area contributed by atoms with Gasteiger partial charge >= 0.3 is 0 Å². The first-order valence-corrected chi connectivity index (χ1v) is 8.55. The first-order valence-electron chi connectivity index (χ1n) is 8.55. The van der Waals surface area contributed by atoms with Crippen LogP contribution in [0.15, 0.2) is 54.6 Å². The fourth-order valence-corrected chi connectivity index (χ4v) is 3.13. The number of nitrogens with one attached hydrogen (secondary N) is 1. The van der Waals surface area contributed by atoms with Crippen molar-refractivity contribution in [2.24, 2.45) is 0 Å². The number of ether oxygens (including phenoxy) is 1. The summed E-state index contributed by atoms with van der Waals surface area (Å²) in [5, 5.41) is 3.15. The minimum atomic E-state index is -0.0504. The number of carbonyl (C=O) groups excluding carboxylic acids is 1. The van der Waals surface area contributed by atoms with Crippen LogP contribution >= 0.6 is 0 Å². The van der Waals surface area contributed by atoms with Crippen LogP contribution in [0.25, 0.3) is 0 Å². The maximum atomic E-state index is 12.6. The molecule has 1 unspecified atom stereocenters. The third-order valence-corrected chi connectivity index (χ3v) is 4.29. The zero-order valence-electron chi connectivity index (χ0n) is 14.1. The third-order valence-electron chi connectivity index (χ3n) is 4.29. The van der Waals surface area contributed by atoms with Gasteiger partial charge in [-0.25, -0.2) is 0 Å². The lowest BCUT2D eigenvalue weighted by molar-refractivity contribution is 0.0934. The number of hydrogen-bond donors (Lipinski definition) is 1. The Balaban J connectivity index is 1.56. The molecule has 0 aromatic heterocycles. The van der Waals surface area contributed by atoms with Crippen LogP contribution in [0.2, 0.25) is 0 Å². The summed E-state index contributed by atoms with van der Waals surface area (Å²) in [4.78, 5) is 14.9. The molecule has 0 spiro atoms. The van der Waals surface area contributed by atoms with Crippen LogP contribution < -0.4 is 10.1 Å². The maximum Gasteiger partial charge on any atom is 0.255 e. The Morgan fingerprint density at radius 2 is 1.92 bits per heavy atom. The van der Waals surface area contributed by atoms with Crippen LogP contribution in [0.3, 0.4) is 0 Å². The first-order chi connectivity index (χ1) is 11.8. The number of amides is 1. The monoisotopic (exact) mass is 324 g/mol. The summed E-state index contributed by atoms with van der Waals surface area (Å²) in [6.07, 6.45) is 0.982. The summed E-state index contributed by atoms with van der Waals surface area (Å²) in [7, 11) is 0. The molecule has 2 aromatic rings. The van der Waals surface area contributed by atoms with Gasteiger partial charge in [-0.2, -0.15) is 0 Å². The highest BCUT2D eigenvalue weighted by Crippen LogP contribution is 2.19. The Morgan fingerprint density at radius 3 is 2.71 bits per heavy atom. The van der Waals surface area contributed by atoms with E-state index >= 15 is 0 Å². The number of hydrogen-bond acceptors (Lipinski definition) is 3. The lowest BCUT2D eigenvalue weighted by Gasteiger charge is -2.17. The number of rotatable bonds is 6. The molecule has 1 aliphatic heterocycles. The predicted octanol–water partition coefficient (Wildman–Crippen LogP) is 3.09. The Labute approximate surface area is 143 Å². The molecule has 126 valence electrons. The van der Waals surface area contributed by atoms with Crippen molar-refractivity contribution in [2.45, 2.75) is 25.9 Å². The molecule has 1 aliphatic rings. The van der Waals surface area contributed by atoms with Crippen LogP contribution in [0, 0.1) is 0 Å². The van der Waals surface area contributed by atoms with Crippen molar-refractivity contribution >= 4 is 5.91 Å². The van der Waals surface area contributed by atoms with Crippen molar-refractivity contribution in [1.82, 2.24) is 10.2 Å². The van der Waals surface area contributed by atoms with Gasteiger partial charge < -0.3 is 10.1 Å². The highest BCUT2D eigenvalue weighted by Gasteiger charge is 2.25. The van der Waals surface area contributed by atoms with Gasteiger partial charge in [0.05, 0.1) is 12.2 Å². The lowest BCUT2D eigenvalue weighted by atomic mass is 10.1. The van der Waals surface area contributed by atoms with E-state index in [2.05, 4.69) is 34.5 Å². The van der Waals surface area contributed by atoms with Crippen molar-refractivity contribution < 1.29 is 9.53 Å². The van der Waals surface area contributed by atoms with Gasteiger partial charge in [-0.1, -0.05) is 42.5 Å². The number of likely N-dealkylation sites (tertiary alicyclic amines) is 1. The summed E-state index contributed by atoms with van der Waals surface area (Å²) < 4.78 is 5.55. The number of benzene rings is 2. The molecule has 0 radical (unpaired) electrons. The quantitative estimate of drug-likeness (QED) is 0.888. The minimum Gasteiger partial charge on any atom is -0.493 e. The van der Waals surface area contributed by atoms with Gasteiger partial charge in [-0.3, -0.25) is 9.69 Å². The molecule has 1 fully saturated rings. The average molecular weight is 324 g/mol. The van der Waals surface area contributed by atoms with Gasteiger partial charge in [0, 0.05) is 25.7 Å². The fraction of sp³-hybridized carbons (Fsp3) is 0.350. The van der Waals surface area contributed by atoms with E-state index in [4.69, 9.17) is 4.74 Å². The van der Waals surface area contributed by atoms with E-state index in [1.54, 1.807) is 0 Å². The Morgan fingerprint density at radius 1 is 1.17 bits per heavy atom. The van der Waals surface area contributed by atoms with Crippen molar-refractivity contribution in [1.29, 1.82) is 0 Å². The zero-order chi connectivity index (χ0) is 16.8. The highest BCUT2D eigenvalue weighted by molar-refractivity contribution is 5.97. The molecule has 0 aliphatic carbocycles. The van der Waals surface area contributed by atoms with Crippen LogP contribution in [0.5, 0.6) is 5.75 Å². The predicted molar refractivity (Wildman–Crippen MR) is 95.2 cm³/mol. The van der Waals surface area contributed by atoms with Gasteiger partial charge in [-0.05, 0) is 31.0 Å². The summed E-state index contributed by atoms with van der Waals surface area (Å²) in [5.41, 5.74) is 1.92. The van der Waals surface area contributed by atoms with Gasteiger partial charge in [0.2, 0.25) is 0 Å². The Bertz CT molecular complexity index is 672. The molecule has 2 aromatic carbocycles. The van der Waals surface area contributed by atoms with E-state index in [0.29, 0.717) is 17.9 Å². The second kappa shape index (κ2) is 7.97. The molecule has 1 heterocycles. The molecule has 1 atom stereocenters. The molecular weight excluding hydrogens is 300 g/mol. The van der Waals surface area contributed by atoms with Crippen LogP contribution in [-0.4, -0.2) is 36.5 Å². The van der Waals surface area contributed by atoms with Crippen LogP contribution in [0.1, 0.15) is 29.3 Å². The SMILES string of the molecule is CCOc1ccccc1C(=O)NC1CCN(Cc2ccccc2)C1. The summed E-state index contributed by atoms with van der Waals surface area (Å²) >= 11 is 0. The topological polar surface area (TPSA) is 41.6 Å². The largest absolute Gasteiger partial charge is 0.493 e. The lowest BCUT2D eigenvalue weighted by Crippen LogP contribution is -2.37. The van der Waals surface area contributed by atoms with Crippen molar-refractivity contribution in [3.63, 3.8) is 0 Å². The van der Waals surface area contributed by atoms with Gasteiger partial charge in [0.25, 0.3) is 5.91 Å². The molecule has 0 saturated carbocycles. The fourth-order valence-electron chi connectivity index (χ4n) is 3.13. The first kappa shape index (κ1) is 16.5. The van der Waals surface area contributed by atoms with E-state index in [0.717, 1.165) is 26.1 Å². The Hall–Kier alpha value is -2.33. The molecule has 1 saturated heterocycles. The molecule has 4 nitrogen and oxygen atoms in total. The van der Waals surface area contributed by atoms with Crippen molar-refractivity contribution in [3.8, 4) is 5.75 Å². The van der Waals surface area contributed by atoms with Gasteiger partial charge in [0.15, 0.2) is 0 Å². The molecule has 1 N–H and O–H groups in total. The molecule has 3 rings (SSSR count). The molecular formula is C20H24N2O2. The van der Waals surface area contributed by atoms with Crippen LogP contribution in [-0.2, 0) is 6.54 Å². The normalized spacial score (nSPS) is 17.6. The van der Waals surface area contributed by atoms with Gasteiger partial charge in [0.1, 0.15) is 5.75 Å². The standard InChI is InChI=1S/C20H24N2O2/c1-2-24-19-11-7-6-10-18(19)20(23)21-17-12-13-22(15-17)14-16-8-4-3-5-9-16/h3-11,17H,2,12-15H2,1H3,(H,21,23). The number of para-hydroxylation sites is 1. The van der Waals surface area contributed by atoms with Crippen molar-refractivity contribution in [3.05, 3.63) is 65.7 Å². The molecule has 24 heavy (non-hydrogen) atoms. The van der Waals surface area contributed by atoms with Gasteiger partial charge in [-0.15, -0.1) is 0 Å². The molecule has 4 heteroatoms. The van der Waals surface area contributed by atoms with E-state index in [1.807, 2.05) is 37.3 Å². The summed E-state index contributed by atoms with van der Waals surface area (Å²) in [6, 6.07) is 18.1. The van der Waals surface area contributed by atoms with Crippen LogP contribution in [0.4, 0.5) is 0 Å². The number of nitrogens with zero attached hydrogens (tertiary/aromatic N) is 1.